The zero-order valence-electron chi connectivity index (χ0n) is 21.7. The van der Waals surface area contributed by atoms with Gasteiger partial charge in [-0.3, -0.25) is 9.59 Å². The highest BCUT2D eigenvalue weighted by Crippen LogP contribution is 2.40. The highest BCUT2D eigenvalue weighted by Gasteiger charge is 2.32. The largest absolute Gasteiger partial charge is 0.496 e. The molecule has 3 aromatic rings. The molecule has 0 bridgehead atoms. The number of hydrogen-bond donors (Lipinski definition) is 3. The lowest BCUT2D eigenvalue weighted by atomic mass is 10.0. The highest BCUT2D eigenvalue weighted by atomic mass is 32.2. The highest BCUT2D eigenvalue weighted by molar-refractivity contribution is 7.99. The summed E-state index contributed by atoms with van der Waals surface area (Å²) in [7, 11) is 1.66. The van der Waals surface area contributed by atoms with Gasteiger partial charge in [0.1, 0.15) is 5.75 Å². The molecule has 8 nitrogen and oxygen atoms in total. The van der Waals surface area contributed by atoms with E-state index in [-0.39, 0.29) is 44.0 Å². The van der Waals surface area contributed by atoms with Crippen molar-refractivity contribution in [2.75, 3.05) is 18.2 Å². The molecule has 1 aliphatic rings. The average Bonchev–Trinajstić information content (AvgIpc) is 2.96. The minimum Gasteiger partial charge on any atom is -0.496 e. The Bertz CT molecular complexity index is 1250. The number of carboxylic acids is 1. The maximum absolute atomic E-state index is 12.3. The van der Waals surface area contributed by atoms with Crippen LogP contribution in [0, 0.1) is 0 Å². The molecule has 1 heterocycles. The van der Waals surface area contributed by atoms with E-state index in [9.17, 15) is 14.7 Å². The van der Waals surface area contributed by atoms with Crippen LogP contribution in [0.25, 0.3) is 0 Å². The van der Waals surface area contributed by atoms with Crippen molar-refractivity contribution in [1.82, 2.24) is 0 Å². The molecule has 4 rings (SSSR count). The van der Waals surface area contributed by atoms with Crippen molar-refractivity contribution in [3.8, 4) is 5.75 Å². The standard InChI is InChI=1S/C30H33NO7S/c1-36-25-8-2-3-9-27(25)39-19-24-17-26(21-14-12-20(18-32)13-15-21)38-30(37-24)22-6-4-7-23(16-22)31-28(33)10-5-11-29(34)35/h2-4,6-9,12-16,24,26,30,32H,5,10-11,17-19H2,1H3,(H,31,33)(H,34,35). The Morgan fingerprint density at radius 1 is 1.00 bits per heavy atom. The van der Waals surface area contributed by atoms with Crippen LogP contribution in [0.1, 0.15) is 54.8 Å². The van der Waals surface area contributed by atoms with E-state index in [1.54, 1.807) is 24.9 Å². The first-order chi connectivity index (χ1) is 18.9. The molecule has 1 fully saturated rings. The molecule has 3 atom stereocenters. The number of aliphatic hydroxyl groups excluding tert-OH is 1. The number of carbonyl (C=O) groups excluding carboxylic acids is 1. The molecule has 3 aromatic carbocycles. The third-order valence-electron chi connectivity index (χ3n) is 6.35. The van der Waals surface area contributed by atoms with Gasteiger partial charge < -0.3 is 29.7 Å². The fourth-order valence-electron chi connectivity index (χ4n) is 4.33. The number of hydrogen-bond acceptors (Lipinski definition) is 7. The number of methoxy groups -OCH3 is 1. The van der Waals surface area contributed by atoms with Crippen LogP contribution in [0.15, 0.2) is 77.7 Å². The molecule has 0 spiro atoms. The Morgan fingerprint density at radius 3 is 2.54 bits per heavy atom. The maximum atomic E-state index is 12.3. The van der Waals surface area contributed by atoms with Crippen molar-refractivity contribution >= 4 is 29.3 Å². The average molecular weight is 552 g/mol. The van der Waals surface area contributed by atoms with Crippen molar-refractivity contribution in [2.24, 2.45) is 0 Å². The molecular weight excluding hydrogens is 518 g/mol. The van der Waals surface area contributed by atoms with Crippen molar-refractivity contribution in [3.05, 3.63) is 89.5 Å². The number of amides is 1. The quantitative estimate of drug-likeness (QED) is 0.245. The lowest BCUT2D eigenvalue weighted by Gasteiger charge is -2.36. The number of carbonyl (C=O) groups is 2. The van der Waals surface area contributed by atoms with E-state index in [1.165, 1.54) is 0 Å². The first kappa shape index (κ1) is 28.6. The third kappa shape index (κ3) is 8.31. The van der Waals surface area contributed by atoms with Crippen molar-refractivity contribution < 1.29 is 34.0 Å². The summed E-state index contributed by atoms with van der Waals surface area (Å²) in [4.78, 5) is 24.1. The Hall–Kier alpha value is -3.37. The first-order valence-electron chi connectivity index (χ1n) is 12.8. The number of benzene rings is 3. The number of para-hydroxylation sites is 1. The number of rotatable bonds is 12. The van der Waals surface area contributed by atoms with E-state index in [1.807, 2.05) is 66.7 Å². The van der Waals surface area contributed by atoms with E-state index in [4.69, 9.17) is 19.3 Å². The summed E-state index contributed by atoms with van der Waals surface area (Å²) in [5.41, 5.74) is 3.19. The van der Waals surface area contributed by atoms with Crippen LogP contribution >= 0.6 is 11.8 Å². The van der Waals surface area contributed by atoms with Gasteiger partial charge in [0.15, 0.2) is 6.29 Å². The Kier molecular flexibility index (Phi) is 10.4. The smallest absolute Gasteiger partial charge is 0.303 e. The second-order valence-electron chi connectivity index (χ2n) is 9.23. The molecule has 0 radical (unpaired) electrons. The summed E-state index contributed by atoms with van der Waals surface area (Å²) in [5, 5.41) is 21.1. The van der Waals surface area contributed by atoms with Gasteiger partial charge >= 0.3 is 5.97 Å². The molecule has 1 saturated heterocycles. The molecule has 0 aromatic heterocycles. The predicted octanol–water partition coefficient (Wildman–Crippen LogP) is 5.72. The molecule has 3 unspecified atom stereocenters. The van der Waals surface area contributed by atoms with E-state index in [0.29, 0.717) is 17.9 Å². The van der Waals surface area contributed by atoms with Gasteiger partial charge in [0.05, 0.1) is 25.9 Å². The summed E-state index contributed by atoms with van der Waals surface area (Å²) < 4.78 is 18.3. The number of ether oxygens (including phenoxy) is 3. The Labute approximate surface area is 232 Å². The van der Waals surface area contributed by atoms with E-state index in [0.717, 1.165) is 27.3 Å². The van der Waals surface area contributed by atoms with Crippen LogP contribution in [-0.2, 0) is 25.7 Å². The predicted molar refractivity (Wildman–Crippen MR) is 149 cm³/mol. The fraction of sp³-hybridized carbons (Fsp3) is 0.333. The van der Waals surface area contributed by atoms with Crippen LogP contribution in [-0.4, -0.2) is 41.1 Å². The van der Waals surface area contributed by atoms with Gasteiger partial charge in [0, 0.05) is 41.2 Å². The van der Waals surface area contributed by atoms with Gasteiger partial charge in [-0.2, -0.15) is 0 Å². The molecule has 39 heavy (non-hydrogen) atoms. The van der Waals surface area contributed by atoms with Gasteiger partial charge in [-0.15, -0.1) is 11.8 Å². The summed E-state index contributed by atoms with van der Waals surface area (Å²) in [5.74, 6) is 0.335. The lowest BCUT2D eigenvalue weighted by molar-refractivity contribution is -0.245. The number of thioether (sulfide) groups is 1. The maximum Gasteiger partial charge on any atom is 0.303 e. The normalized spacial score (nSPS) is 18.9. The molecule has 0 saturated carbocycles. The van der Waals surface area contributed by atoms with Crippen LogP contribution in [0.5, 0.6) is 5.75 Å². The van der Waals surface area contributed by atoms with Crippen LogP contribution < -0.4 is 10.1 Å². The van der Waals surface area contributed by atoms with E-state index >= 15 is 0 Å². The minimum absolute atomic E-state index is 0.0233. The number of anilines is 1. The molecule has 206 valence electrons. The molecule has 9 heteroatoms. The van der Waals surface area contributed by atoms with Crippen LogP contribution in [0.2, 0.25) is 0 Å². The molecule has 1 amide bonds. The van der Waals surface area contributed by atoms with Crippen LogP contribution in [0.3, 0.4) is 0 Å². The topological polar surface area (TPSA) is 114 Å². The van der Waals surface area contributed by atoms with E-state index in [2.05, 4.69) is 5.32 Å². The molecule has 0 aliphatic carbocycles. The lowest BCUT2D eigenvalue weighted by Crippen LogP contribution is -2.31. The number of aliphatic carboxylic acids is 1. The second kappa shape index (κ2) is 14.1. The zero-order chi connectivity index (χ0) is 27.6. The Morgan fingerprint density at radius 2 is 1.79 bits per heavy atom. The van der Waals surface area contributed by atoms with Gasteiger partial charge in [-0.25, -0.2) is 0 Å². The van der Waals surface area contributed by atoms with Crippen molar-refractivity contribution in [1.29, 1.82) is 0 Å². The second-order valence-corrected chi connectivity index (χ2v) is 10.3. The van der Waals surface area contributed by atoms with Crippen molar-refractivity contribution in [3.63, 3.8) is 0 Å². The molecule has 3 N–H and O–H groups in total. The SMILES string of the molecule is COc1ccccc1SCC1CC(c2ccc(CO)cc2)OC(c2cccc(NC(=O)CCCC(=O)O)c2)O1. The fourth-order valence-corrected chi connectivity index (χ4v) is 5.38. The third-order valence-corrected chi connectivity index (χ3v) is 7.53. The van der Waals surface area contributed by atoms with Gasteiger partial charge in [-0.1, -0.05) is 48.5 Å². The van der Waals surface area contributed by atoms with E-state index < -0.39 is 12.3 Å². The number of nitrogens with one attached hydrogen (secondary N) is 1. The minimum atomic E-state index is -0.921. The first-order valence-corrected chi connectivity index (χ1v) is 13.8. The number of aliphatic hydroxyl groups is 1. The van der Waals surface area contributed by atoms with Crippen molar-refractivity contribution in [2.45, 2.75) is 55.7 Å². The monoisotopic (exact) mass is 551 g/mol. The zero-order valence-corrected chi connectivity index (χ0v) is 22.6. The van der Waals surface area contributed by atoms with Gasteiger partial charge in [0.25, 0.3) is 0 Å². The van der Waals surface area contributed by atoms with Gasteiger partial charge in [-0.05, 0) is 41.8 Å². The van der Waals surface area contributed by atoms with Crippen LogP contribution in [0.4, 0.5) is 5.69 Å². The molecular formula is C30H33NO7S. The summed E-state index contributed by atoms with van der Waals surface area (Å²) >= 11 is 1.66. The summed E-state index contributed by atoms with van der Waals surface area (Å²) in [6.07, 6.45) is -0.0135. The van der Waals surface area contributed by atoms with Gasteiger partial charge in [0.2, 0.25) is 5.91 Å². The molecule has 1 aliphatic heterocycles. The number of carboxylic acid groups (broad SMARTS) is 1. The summed E-state index contributed by atoms with van der Waals surface area (Å²) in [6, 6.07) is 22.9. The Balaban J connectivity index is 1.50. The summed E-state index contributed by atoms with van der Waals surface area (Å²) in [6.45, 7) is -0.0233.